The van der Waals surface area contributed by atoms with Gasteiger partial charge in [0.1, 0.15) is 5.75 Å². The van der Waals surface area contributed by atoms with Crippen LogP contribution in [-0.2, 0) is 10.7 Å². The van der Waals surface area contributed by atoms with E-state index in [1.807, 2.05) is 36.4 Å². The number of ether oxygens (including phenoxy) is 1. The zero-order chi connectivity index (χ0) is 27.6. The highest BCUT2D eigenvalue weighted by Crippen LogP contribution is 2.40. The molecule has 2 fully saturated rings. The van der Waals surface area contributed by atoms with E-state index in [-0.39, 0.29) is 17.7 Å². The van der Waals surface area contributed by atoms with Crippen LogP contribution in [0.1, 0.15) is 44.1 Å². The standard InChI is InChI=1S/C30H34ClF2N3O2S/c1-35(39-27-13-7-20-18-26(12-6-21(20)19-27)38-25-4-2-3-5-25)28(29(37)36-16-14-24(34)15-17-36)30(32,33)22-8-10-23(31)11-9-22/h6-13,18-19,24-25,28H,2-5,14-17,34H2,1H3. The largest absolute Gasteiger partial charge is 0.490 e. The van der Waals surface area contributed by atoms with Gasteiger partial charge in [-0.3, -0.25) is 4.79 Å². The predicted octanol–water partition coefficient (Wildman–Crippen LogP) is 6.86. The van der Waals surface area contributed by atoms with Crippen LogP contribution in [0.25, 0.3) is 10.8 Å². The topological polar surface area (TPSA) is 58.8 Å². The van der Waals surface area contributed by atoms with Crippen molar-refractivity contribution in [1.29, 1.82) is 0 Å². The summed E-state index contributed by atoms with van der Waals surface area (Å²) in [4.78, 5) is 15.9. The number of rotatable bonds is 8. The molecule has 5 rings (SSSR count). The molecule has 1 heterocycles. The Kier molecular flexibility index (Phi) is 8.66. The Morgan fingerprint density at radius 2 is 1.67 bits per heavy atom. The van der Waals surface area contributed by atoms with E-state index >= 15 is 8.78 Å². The molecular weight excluding hydrogens is 540 g/mol. The number of fused-ring (bicyclic) bond motifs is 1. The summed E-state index contributed by atoms with van der Waals surface area (Å²) in [5, 5.41) is 2.35. The molecule has 1 atom stereocenters. The fourth-order valence-corrected chi connectivity index (χ4v) is 6.51. The molecule has 0 radical (unpaired) electrons. The van der Waals surface area contributed by atoms with Crippen molar-refractivity contribution in [1.82, 2.24) is 9.21 Å². The summed E-state index contributed by atoms with van der Waals surface area (Å²) in [5.74, 6) is -3.21. The van der Waals surface area contributed by atoms with E-state index in [4.69, 9.17) is 22.1 Å². The van der Waals surface area contributed by atoms with Crippen LogP contribution in [0.4, 0.5) is 8.78 Å². The van der Waals surface area contributed by atoms with Crippen LogP contribution in [-0.4, -0.2) is 53.4 Å². The number of likely N-dealkylation sites (tertiary alicyclic amines) is 1. The first kappa shape index (κ1) is 28.1. The van der Waals surface area contributed by atoms with E-state index in [0.717, 1.165) is 46.2 Å². The van der Waals surface area contributed by atoms with Crippen LogP contribution >= 0.6 is 23.5 Å². The van der Waals surface area contributed by atoms with E-state index in [2.05, 4.69) is 0 Å². The van der Waals surface area contributed by atoms with Crippen molar-refractivity contribution in [2.24, 2.45) is 5.73 Å². The van der Waals surface area contributed by atoms with Gasteiger partial charge in [0.05, 0.1) is 6.10 Å². The van der Waals surface area contributed by atoms with Gasteiger partial charge in [0.15, 0.2) is 6.04 Å². The van der Waals surface area contributed by atoms with Crippen molar-refractivity contribution in [3.8, 4) is 5.75 Å². The average molecular weight is 574 g/mol. The number of nitrogens with zero attached hydrogens (tertiary/aromatic N) is 2. The molecule has 1 saturated carbocycles. The first-order valence-electron chi connectivity index (χ1n) is 13.5. The minimum atomic E-state index is -3.45. The maximum Gasteiger partial charge on any atom is 0.298 e. The third kappa shape index (κ3) is 6.51. The van der Waals surface area contributed by atoms with Crippen molar-refractivity contribution < 1.29 is 18.3 Å². The van der Waals surface area contributed by atoms with Crippen molar-refractivity contribution >= 4 is 40.2 Å². The zero-order valence-electron chi connectivity index (χ0n) is 22.0. The number of piperidine rings is 1. The van der Waals surface area contributed by atoms with Gasteiger partial charge in [-0.15, -0.1) is 0 Å². The van der Waals surface area contributed by atoms with Gasteiger partial charge in [-0.05, 0) is 105 Å². The lowest BCUT2D eigenvalue weighted by Gasteiger charge is -2.38. The Labute approximate surface area is 237 Å². The van der Waals surface area contributed by atoms with Gasteiger partial charge >= 0.3 is 0 Å². The van der Waals surface area contributed by atoms with Gasteiger partial charge in [0.2, 0.25) is 5.91 Å². The first-order chi connectivity index (χ1) is 18.7. The second-order valence-corrected chi connectivity index (χ2v) is 12.2. The number of alkyl halides is 2. The Balaban J connectivity index is 1.38. The summed E-state index contributed by atoms with van der Waals surface area (Å²) in [6, 6.07) is 15.5. The molecule has 3 aromatic rings. The van der Waals surface area contributed by atoms with Crippen molar-refractivity contribution in [3.05, 3.63) is 71.2 Å². The number of benzene rings is 3. The van der Waals surface area contributed by atoms with Crippen LogP contribution in [0.5, 0.6) is 5.75 Å². The lowest BCUT2D eigenvalue weighted by molar-refractivity contribution is -0.150. The molecule has 1 unspecified atom stereocenters. The quantitative estimate of drug-likeness (QED) is 0.298. The second kappa shape index (κ2) is 12.0. The highest BCUT2D eigenvalue weighted by atomic mass is 35.5. The monoisotopic (exact) mass is 573 g/mol. The van der Waals surface area contributed by atoms with Crippen molar-refractivity contribution in [2.45, 2.75) is 67.5 Å². The van der Waals surface area contributed by atoms with E-state index in [1.165, 1.54) is 46.3 Å². The van der Waals surface area contributed by atoms with E-state index < -0.39 is 17.9 Å². The molecule has 0 aromatic heterocycles. The maximum absolute atomic E-state index is 16.1. The number of amides is 1. The number of carbonyl (C=O) groups excluding carboxylic acids is 1. The molecule has 39 heavy (non-hydrogen) atoms. The third-order valence-corrected chi connectivity index (χ3v) is 8.87. The molecule has 0 bridgehead atoms. The van der Waals surface area contributed by atoms with E-state index in [9.17, 15) is 4.79 Å². The van der Waals surface area contributed by atoms with E-state index in [1.54, 1.807) is 7.05 Å². The summed E-state index contributed by atoms with van der Waals surface area (Å²) >= 11 is 7.09. The van der Waals surface area contributed by atoms with Crippen LogP contribution < -0.4 is 10.5 Å². The van der Waals surface area contributed by atoms with Crippen LogP contribution in [0.2, 0.25) is 5.02 Å². The summed E-state index contributed by atoms with van der Waals surface area (Å²) in [6.07, 6.45) is 6.06. The molecule has 1 amide bonds. The number of likely N-dealkylation sites (N-methyl/N-ethyl adjacent to an activating group) is 1. The molecule has 1 aliphatic carbocycles. The summed E-state index contributed by atoms with van der Waals surface area (Å²) in [5.41, 5.74) is 5.75. The lowest BCUT2D eigenvalue weighted by Crippen LogP contribution is -2.55. The molecule has 9 heteroatoms. The maximum atomic E-state index is 16.1. The normalized spacial score (nSPS) is 18.2. The average Bonchev–Trinajstić information content (AvgIpc) is 3.42. The number of hydrogen-bond donors (Lipinski definition) is 1. The minimum absolute atomic E-state index is 0.0157. The zero-order valence-corrected chi connectivity index (χ0v) is 23.6. The summed E-state index contributed by atoms with van der Waals surface area (Å²) in [7, 11) is 1.55. The van der Waals surface area contributed by atoms with Gasteiger partial charge in [-0.2, -0.15) is 8.78 Å². The van der Waals surface area contributed by atoms with E-state index in [0.29, 0.717) is 31.0 Å². The Bertz CT molecular complexity index is 1300. The third-order valence-electron chi connectivity index (χ3n) is 7.66. The summed E-state index contributed by atoms with van der Waals surface area (Å²) in [6.45, 7) is 0.736. The van der Waals surface area contributed by atoms with Crippen LogP contribution in [0.3, 0.4) is 0 Å². The molecule has 2 N–H and O–H groups in total. The molecule has 208 valence electrons. The van der Waals surface area contributed by atoms with Crippen molar-refractivity contribution in [2.75, 3.05) is 20.1 Å². The fourth-order valence-electron chi connectivity index (χ4n) is 5.41. The first-order valence-corrected chi connectivity index (χ1v) is 14.7. The van der Waals surface area contributed by atoms with Crippen LogP contribution in [0, 0.1) is 0 Å². The van der Waals surface area contributed by atoms with Gasteiger partial charge in [0, 0.05) is 34.6 Å². The predicted molar refractivity (Wildman–Crippen MR) is 153 cm³/mol. The Morgan fingerprint density at radius 3 is 2.36 bits per heavy atom. The minimum Gasteiger partial charge on any atom is -0.490 e. The molecule has 1 saturated heterocycles. The number of halogens is 3. The lowest BCUT2D eigenvalue weighted by atomic mass is 9.98. The SMILES string of the molecule is CN(Sc1ccc2cc(OC3CCCC3)ccc2c1)C(C(=O)N1CCC(N)CC1)C(F)(F)c1ccc(Cl)cc1. The summed E-state index contributed by atoms with van der Waals surface area (Å²) < 4.78 is 39.6. The molecule has 2 aliphatic rings. The fraction of sp³-hybridized carbons (Fsp3) is 0.433. The number of nitrogens with two attached hydrogens (primary N) is 1. The highest BCUT2D eigenvalue weighted by molar-refractivity contribution is 7.97. The van der Waals surface area contributed by atoms with Crippen LogP contribution in [0.15, 0.2) is 65.6 Å². The molecule has 1 aliphatic heterocycles. The number of carbonyl (C=O) groups is 1. The number of hydrogen-bond acceptors (Lipinski definition) is 5. The van der Waals surface area contributed by atoms with Crippen molar-refractivity contribution in [3.63, 3.8) is 0 Å². The molecule has 0 spiro atoms. The molecule has 5 nitrogen and oxygen atoms in total. The van der Waals surface area contributed by atoms with Gasteiger partial charge in [-0.25, -0.2) is 4.31 Å². The smallest absolute Gasteiger partial charge is 0.298 e. The highest BCUT2D eigenvalue weighted by Gasteiger charge is 2.50. The van der Waals surface area contributed by atoms with Gasteiger partial charge in [-0.1, -0.05) is 35.9 Å². The van der Waals surface area contributed by atoms with Gasteiger partial charge < -0.3 is 15.4 Å². The second-order valence-electron chi connectivity index (χ2n) is 10.5. The Morgan fingerprint density at radius 1 is 1.03 bits per heavy atom. The Hall–Kier alpha value is -2.39. The van der Waals surface area contributed by atoms with Gasteiger partial charge in [0.25, 0.3) is 5.92 Å². The molecular formula is C30H34ClF2N3O2S. The molecule has 3 aromatic carbocycles.